The third-order valence-electron chi connectivity index (χ3n) is 4.93. The Balaban J connectivity index is 1.78. The monoisotopic (exact) mass is 388 g/mol. The van der Waals surface area contributed by atoms with Crippen LogP contribution in [-0.2, 0) is 7.05 Å². The number of nitrogens with one attached hydrogen (secondary N) is 1. The Bertz CT molecular complexity index is 1380. The number of rotatable bonds is 3. The van der Waals surface area contributed by atoms with Crippen molar-refractivity contribution in [1.29, 1.82) is 0 Å². The number of hydrogen-bond donors (Lipinski definition) is 1. The lowest BCUT2D eigenvalue weighted by molar-refractivity contribution is 0.102. The zero-order valence-corrected chi connectivity index (χ0v) is 16.3. The van der Waals surface area contributed by atoms with Crippen molar-refractivity contribution >= 4 is 33.3 Å². The van der Waals surface area contributed by atoms with Crippen molar-refractivity contribution in [3.63, 3.8) is 0 Å². The zero-order valence-electron chi connectivity index (χ0n) is 16.3. The van der Waals surface area contributed by atoms with Crippen LogP contribution in [0.25, 0.3) is 21.7 Å². The highest BCUT2D eigenvalue weighted by Gasteiger charge is 2.15. The van der Waals surface area contributed by atoms with Crippen molar-refractivity contribution in [3.8, 4) is 0 Å². The van der Waals surface area contributed by atoms with E-state index >= 15 is 0 Å². The van der Waals surface area contributed by atoms with Gasteiger partial charge in [0.25, 0.3) is 17.0 Å². The average molecular weight is 388 g/mol. The van der Waals surface area contributed by atoms with E-state index in [1.54, 1.807) is 54.1 Å². The number of benzene rings is 2. The summed E-state index contributed by atoms with van der Waals surface area (Å²) >= 11 is 0. The number of carbonyl (C=O) groups excluding carboxylic acids is 1. The lowest BCUT2D eigenvalue weighted by Gasteiger charge is -2.12. The second-order valence-electron chi connectivity index (χ2n) is 7.24. The van der Waals surface area contributed by atoms with Gasteiger partial charge in [0.1, 0.15) is 0 Å². The predicted octanol–water partition coefficient (Wildman–Crippen LogP) is 3.08. The molecule has 1 amide bonds. The molecule has 2 heterocycles. The number of anilines is 1. The first kappa shape index (κ1) is 18.6. The second-order valence-corrected chi connectivity index (χ2v) is 7.24. The molecule has 0 aliphatic rings. The summed E-state index contributed by atoms with van der Waals surface area (Å²) < 4.78 is 2.94. The molecule has 0 bridgehead atoms. The van der Waals surface area contributed by atoms with Gasteiger partial charge in [-0.25, -0.2) is 4.98 Å². The van der Waals surface area contributed by atoms with Crippen molar-refractivity contribution < 1.29 is 4.79 Å². The maximum absolute atomic E-state index is 13.0. The Morgan fingerprint density at radius 3 is 2.45 bits per heavy atom. The average Bonchev–Trinajstić information content (AvgIpc) is 2.71. The number of fused-ring (bicyclic) bond motifs is 2. The highest BCUT2D eigenvalue weighted by molar-refractivity contribution is 6.12. The fraction of sp³-hybridized carbons (Fsp3) is 0.182. The van der Waals surface area contributed by atoms with Gasteiger partial charge in [0.2, 0.25) is 0 Å². The predicted molar refractivity (Wildman–Crippen MR) is 114 cm³/mol. The van der Waals surface area contributed by atoms with E-state index in [1.165, 1.54) is 17.1 Å². The normalized spacial score (nSPS) is 11.3. The largest absolute Gasteiger partial charge is 0.322 e. The summed E-state index contributed by atoms with van der Waals surface area (Å²) in [7, 11) is 1.61. The van der Waals surface area contributed by atoms with Gasteiger partial charge in [0.15, 0.2) is 0 Å². The maximum atomic E-state index is 13.0. The van der Waals surface area contributed by atoms with E-state index in [0.29, 0.717) is 32.9 Å². The Hall–Kier alpha value is -3.74. The summed E-state index contributed by atoms with van der Waals surface area (Å²) in [6, 6.07) is 12.0. The molecule has 1 N–H and O–H groups in total. The zero-order chi connectivity index (χ0) is 20.7. The van der Waals surface area contributed by atoms with Gasteiger partial charge in [0.05, 0.1) is 22.8 Å². The molecule has 0 unspecified atom stereocenters. The summed E-state index contributed by atoms with van der Waals surface area (Å²) in [6.45, 7) is 3.82. The van der Waals surface area contributed by atoms with E-state index in [-0.39, 0.29) is 23.1 Å². The first-order chi connectivity index (χ1) is 13.9. The first-order valence-electron chi connectivity index (χ1n) is 9.27. The lowest BCUT2D eigenvalue weighted by Crippen LogP contribution is -2.23. The molecular weight excluding hydrogens is 368 g/mol. The topological polar surface area (TPSA) is 86.0 Å². The van der Waals surface area contributed by atoms with Gasteiger partial charge in [-0.1, -0.05) is 18.2 Å². The van der Waals surface area contributed by atoms with E-state index in [1.807, 2.05) is 13.8 Å². The van der Waals surface area contributed by atoms with Crippen molar-refractivity contribution in [2.75, 3.05) is 5.32 Å². The molecule has 4 aromatic rings. The van der Waals surface area contributed by atoms with Gasteiger partial charge in [-0.05, 0) is 38.1 Å². The van der Waals surface area contributed by atoms with Crippen molar-refractivity contribution in [1.82, 2.24) is 14.1 Å². The standard InChI is InChI=1S/C22H20N4O3/c1-13(2)26-12-23-19-9-8-14(10-17(19)22(26)29)24-20(27)18-11-25(3)21(28)16-7-5-4-6-15(16)18/h4-13H,1-3H3,(H,24,27). The number of aryl methyl sites for hydroxylation is 1. The number of amides is 1. The van der Waals surface area contributed by atoms with Crippen LogP contribution in [0.3, 0.4) is 0 Å². The third-order valence-corrected chi connectivity index (χ3v) is 4.93. The minimum Gasteiger partial charge on any atom is -0.322 e. The van der Waals surface area contributed by atoms with Crippen LogP contribution < -0.4 is 16.4 Å². The van der Waals surface area contributed by atoms with Crippen LogP contribution in [0.1, 0.15) is 30.2 Å². The van der Waals surface area contributed by atoms with Gasteiger partial charge in [-0.15, -0.1) is 0 Å². The van der Waals surface area contributed by atoms with E-state index in [0.717, 1.165) is 0 Å². The number of pyridine rings is 1. The minimum absolute atomic E-state index is 0.0189. The molecule has 0 saturated heterocycles. The van der Waals surface area contributed by atoms with Crippen LogP contribution in [0.15, 0.2) is 64.6 Å². The van der Waals surface area contributed by atoms with Crippen molar-refractivity contribution in [2.24, 2.45) is 7.05 Å². The minimum atomic E-state index is -0.357. The Kier molecular flexibility index (Phi) is 4.50. The van der Waals surface area contributed by atoms with E-state index in [9.17, 15) is 14.4 Å². The number of nitrogens with zero attached hydrogens (tertiary/aromatic N) is 3. The van der Waals surface area contributed by atoms with E-state index < -0.39 is 0 Å². The molecule has 0 saturated carbocycles. The second kappa shape index (κ2) is 7.01. The summed E-state index contributed by atoms with van der Waals surface area (Å²) in [6.07, 6.45) is 3.05. The first-order valence-corrected chi connectivity index (χ1v) is 9.27. The van der Waals surface area contributed by atoms with Gasteiger partial charge in [-0.2, -0.15) is 0 Å². The molecule has 0 aliphatic carbocycles. The van der Waals surface area contributed by atoms with Crippen LogP contribution in [0.2, 0.25) is 0 Å². The third kappa shape index (κ3) is 3.20. The number of hydrogen-bond acceptors (Lipinski definition) is 4. The fourth-order valence-corrected chi connectivity index (χ4v) is 3.38. The Morgan fingerprint density at radius 1 is 1.00 bits per heavy atom. The number of carbonyl (C=O) groups is 1. The van der Waals surface area contributed by atoms with Crippen molar-refractivity contribution in [3.05, 3.63) is 81.3 Å². The summed E-state index contributed by atoms with van der Waals surface area (Å²) in [5.41, 5.74) is 1.11. The molecule has 2 aromatic heterocycles. The fourth-order valence-electron chi connectivity index (χ4n) is 3.38. The molecule has 7 nitrogen and oxygen atoms in total. The number of aromatic nitrogens is 3. The molecule has 7 heteroatoms. The molecule has 0 fully saturated rings. The molecule has 29 heavy (non-hydrogen) atoms. The molecule has 0 spiro atoms. The SMILES string of the molecule is CC(C)n1cnc2ccc(NC(=O)c3cn(C)c(=O)c4ccccc34)cc2c1=O. The van der Waals surface area contributed by atoms with Gasteiger partial charge >= 0.3 is 0 Å². The van der Waals surface area contributed by atoms with Crippen LogP contribution in [0.4, 0.5) is 5.69 Å². The van der Waals surface area contributed by atoms with Crippen LogP contribution in [-0.4, -0.2) is 20.0 Å². The quantitative estimate of drug-likeness (QED) is 0.584. The van der Waals surface area contributed by atoms with Crippen LogP contribution >= 0.6 is 0 Å². The Labute approximate surface area is 166 Å². The smallest absolute Gasteiger partial charge is 0.261 e. The lowest BCUT2D eigenvalue weighted by atomic mass is 10.1. The molecule has 2 aromatic carbocycles. The molecule has 0 radical (unpaired) electrons. The van der Waals surface area contributed by atoms with Crippen molar-refractivity contribution in [2.45, 2.75) is 19.9 Å². The van der Waals surface area contributed by atoms with Crippen LogP contribution in [0, 0.1) is 0 Å². The summed E-state index contributed by atoms with van der Waals surface area (Å²) in [5.74, 6) is -0.357. The van der Waals surface area contributed by atoms with Gasteiger partial charge in [-0.3, -0.25) is 19.0 Å². The van der Waals surface area contributed by atoms with E-state index in [4.69, 9.17) is 0 Å². The molecule has 146 valence electrons. The van der Waals surface area contributed by atoms with Gasteiger partial charge < -0.3 is 9.88 Å². The van der Waals surface area contributed by atoms with E-state index in [2.05, 4.69) is 10.3 Å². The van der Waals surface area contributed by atoms with Crippen LogP contribution in [0.5, 0.6) is 0 Å². The Morgan fingerprint density at radius 2 is 1.72 bits per heavy atom. The van der Waals surface area contributed by atoms with Gasteiger partial charge in [0, 0.05) is 35.7 Å². The molecule has 0 atom stereocenters. The summed E-state index contributed by atoms with van der Waals surface area (Å²) in [4.78, 5) is 42.3. The molecule has 0 aliphatic heterocycles. The highest BCUT2D eigenvalue weighted by Crippen LogP contribution is 2.19. The highest BCUT2D eigenvalue weighted by atomic mass is 16.2. The maximum Gasteiger partial charge on any atom is 0.261 e. The molecule has 4 rings (SSSR count). The molecular formula is C22H20N4O3. The summed E-state index contributed by atoms with van der Waals surface area (Å²) in [5, 5.41) is 4.33.